The van der Waals surface area contributed by atoms with Gasteiger partial charge in [0.1, 0.15) is 18.1 Å². The van der Waals surface area contributed by atoms with Crippen molar-refractivity contribution in [1.82, 2.24) is 0 Å². The summed E-state index contributed by atoms with van der Waals surface area (Å²) in [7, 11) is 1.66. The number of fused-ring (bicyclic) bond motifs is 1. The predicted octanol–water partition coefficient (Wildman–Crippen LogP) is 5.94. The van der Waals surface area contributed by atoms with Gasteiger partial charge in [-0.3, -0.25) is 9.59 Å². The molecule has 0 saturated heterocycles. The Labute approximate surface area is 201 Å². The molecule has 0 amide bonds. The lowest BCUT2D eigenvalue weighted by Crippen LogP contribution is -2.29. The summed E-state index contributed by atoms with van der Waals surface area (Å²) in [4.78, 5) is 25.4. The highest BCUT2D eigenvalue weighted by Crippen LogP contribution is 2.50. The Bertz CT molecular complexity index is 1110. The number of benzene rings is 2. The Hall–Kier alpha value is -2.82. The van der Waals surface area contributed by atoms with Gasteiger partial charge in [0.25, 0.3) is 0 Å². The monoisotopic (exact) mass is 462 g/mol. The molecule has 1 atom stereocenters. The van der Waals surface area contributed by atoms with Crippen LogP contribution < -0.4 is 9.47 Å². The zero-order valence-corrected chi connectivity index (χ0v) is 20.4. The zero-order chi connectivity index (χ0) is 23.9. The molecule has 0 radical (unpaired) electrons. The third-order valence-corrected chi connectivity index (χ3v) is 7.79. The Morgan fingerprint density at radius 2 is 1.79 bits per heavy atom. The molecule has 0 aromatic heterocycles. The fourth-order valence-electron chi connectivity index (χ4n) is 5.39. The van der Waals surface area contributed by atoms with Gasteiger partial charge in [0.05, 0.1) is 7.11 Å². The maximum Gasteiger partial charge on any atom is 0.315 e. The number of methoxy groups -OCH3 is 1. The second kappa shape index (κ2) is 9.09. The van der Waals surface area contributed by atoms with Crippen LogP contribution in [0.2, 0.25) is 0 Å². The van der Waals surface area contributed by atoms with Gasteiger partial charge in [-0.25, -0.2) is 0 Å². The average molecular weight is 463 g/mol. The number of Topliss-reactive ketones (excluding diaryl/α,β-unsaturated/α-hetero) is 1. The standard InChI is InChI=1S/C29H34O5/c1-4-19-9-12-24(20-10-11-23-21(16-20)15-18(2)25(23)30)27(26(19)32-3)33-17-29(13-14-29)28(31)34-22-7-5-6-8-22/h9-12,16,18,22H,4-8,13-15,17H2,1-3H3. The van der Waals surface area contributed by atoms with Crippen molar-refractivity contribution < 1.29 is 23.8 Å². The minimum Gasteiger partial charge on any atom is -0.493 e. The van der Waals surface area contributed by atoms with Crippen molar-refractivity contribution in [3.63, 3.8) is 0 Å². The Morgan fingerprint density at radius 3 is 2.47 bits per heavy atom. The lowest BCUT2D eigenvalue weighted by molar-refractivity contribution is -0.156. The number of carbonyl (C=O) groups excluding carboxylic acids is 2. The summed E-state index contributed by atoms with van der Waals surface area (Å²) in [5.74, 6) is 1.51. The summed E-state index contributed by atoms with van der Waals surface area (Å²) in [6.45, 7) is 4.36. The van der Waals surface area contributed by atoms with Crippen LogP contribution in [0.1, 0.15) is 73.9 Å². The molecule has 5 heteroatoms. The molecule has 3 aliphatic rings. The number of ether oxygens (including phenoxy) is 3. The summed E-state index contributed by atoms with van der Waals surface area (Å²) in [5.41, 5.74) is 4.33. The lowest BCUT2D eigenvalue weighted by Gasteiger charge is -2.22. The van der Waals surface area contributed by atoms with Gasteiger partial charge >= 0.3 is 5.97 Å². The second-order valence-electron chi connectivity index (χ2n) is 10.2. The summed E-state index contributed by atoms with van der Waals surface area (Å²) >= 11 is 0. The number of hydrogen-bond acceptors (Lipinski definition) is 5. The summed E-state index contributed by atoms with van der Waals surface area (Å²) in [5, 5.41) is 0. The number of rotatable bonds is 8. The van der Waals surface area contributed by atoms with Crippen LogP contribution in [0.4, 0.5) is 0 Å². The van der Waals surface area contributed by atoms with Crippen LogP contribution in [0.25, 0.3) is 11.1 Å². The van der Waals surface area contributed by atoms with E-state index >= 15 is 0 Å². The van der Waals surface area contributed by atoms with Crippen LogP contribution in [0.5, 0.6) is 11.5 Å². The van der Waals surface area contributed by atoms with Gasteiger partial charge in [0.15, 0.2) is 17.3 Å². The highest BCUT2D eigenvalue weighted by atomic mass is 16.6. The summed E-state index contributed by atoms with van der Waals surface area (Å²) in [6.07, 6.45) is 7.44. The van der Waals surface area contributed by atoms with Gasteiger partial charge in [0.2, 0.25) is 0 Å². The van der Waals surface area contributed by atoms with E-state index in [1.807, 2.05) is 19.1 Å². The first-order valence-corrected chi connectivity index (χ1v) is 12.7. The maximum absolute atomic E-state index is 13.0. The van der Waals surface area contributed by atoms with Crippen molar-refractivity contribution in [2.45, 2.75) is 71.3 Å². The minimum absolute atomic E-state index is 0.0265. The molecule has 180 valence electrons. The van der Waals surface area contributed by atoms with Gasteiger partial charge in [-0.05, 0) is 68.1 Å². The van der Waals surface area contributed by atoms with Crippen molar-refractivity contribution >= 4 is 11.8 Å². The normalized spacial score (nSPS) is 20.8. The molecule has 2 aromatic rings. The van der Waals surface area contributed by atoms with Gasteiger partial charge in [-0.1, -0.05) is 44.2 Å². The highest BCUT2D eigenvalue weighted by molar-refractivity contribution is 6.02. The molecule has 5 nitrogen and oxygen atoms in total. The SMILES string of the molecule is CCc1ccc(-c2ccc3c(c2)CC(C)C3=O)c(OCC2(C(=O)OC3CCCC3)CC2)c1OC. The van der Waals surface area contributed by atoms with Crippen LogP contribution in [0, 0.1) is 11.3 Å². The van der Waals surface area contributed by atoms with Crippen LogP contribution >= 0.6 is 0 Å². The molecular formula is C29H34O5. The molecule has 0 aliphatic heterocycles. The van der Waals surface area contributed by atoms with Crippen LogP contribution in [0.3, 0.4) is 0 Å². The van der Waals surface area contributed by atoms with Crippen molar-refractivity contribution in [2.75, 3.05) is 13.7 Å². The molecule has 2 saturated carbocycles. The fourth-order valence-corrected chi connectivity index (χ4v) is 5.39. The maximum atomic E-state index is 13.0. The third-order valence-electron chi connectivity index (χ3n) is 7.79. The molecule has 0 bridgehead atoms. The van der Waals surface area contributed by atoms with E-state index in [4.69, 9.17) is 14.2 Å². The quantitative estimate of drug-likeness (QED) is 0.454. The molecule has 0 N–H and O–H groups in total. The topological polar surface area (TPSA) is 61.8 Å². The van der Waals surface area contributed by atoms with Crippen LogP contribution in [-0.2, 0) is 22.4 Å². The van der Waals surface area contributed by atoms with Gasteiger partial charge in [-0.15, -0.1) is 0 Å². The van der Waals surface area contributed by atoms with E-state index in [1.165, 1.54) is 0 Å². The lowest BCUT2D eigenvalue weighted by atomic mass is 9.97. The van der Waals surface area contributed by atoms with Crippen LogP contribution in [-0.4, -0.2) is 31.6 Å². The first-order valence-electron chi connectivity index (χ1n) is 12.7. The van der Waals surface area contributed by atoms with Crippen LogP contribution in [0.15, 0.2) is 30.3 Å². The largest absolute Gasteiger partial charge is 0.493 e. The third kappa shape index (κ3) is 4.10. The Balaban J connectivity index is 1.44. The van der Waals surface area contributed by atoms with E-state index in [0.29, 0.717) is 11.5 Å². The summed E-state index contributed by atoms with van der Waals surface area (Å²) < 4.78 is 18.1. The molecule has 2 fully saturated rings. The smallest absolute Gasteiger partial charge is 0.315 e. The van der Waals surface area contributed by atoms with Gasteiger partial charge < -0.3 is 14.2 Å². The van der Waals surface area contributed by atoms with Gasteiger partial charge in [0, 0.05) is 17.0 Å². The van der Waals surface area contributed by atoms with Crippen molar-refractivity contribution in [3.05, 3.63) is 47.0 Å². The Morgan fingerprint density at radius 1 is 1.06 bits per heavy atom. The number of ketones is 1. The number of carbonyl (C=O) groups is 2. The van der Waals surface area contributed by atoms with E-state index in [2.05, 4.69) is 25.1 Å². The molecule has 3 aliphatic carbocycles. The number of esters is 1. The molecule has 0 heterocycles. The molecule has 1 unspecified atom stereocenters. The van der Waals surface area contributed by atoms with Crippen molar-refractivity contribution in [3.8, 4) is 22.6 Å². The Kier molecular flexibility index (Phi) is 6.13. The van der Waals surface area contributed by atoms with Crippen molar-refractivity contribution in [1.29, 1.82) is 0 Å². The van der Waals surface area contributed by atoms with E-state index < -0.39 is 5.41 Å². The van der Waals surface area contributed by atoms with E-state index in [1.54, 1.807) is 7.11 Å². The van der Waals surface area contributed by atoms with E-state index in [9.17, 15) is 9.59 Å². The van der Waals surface area contributed by atoms with E-state index in [0.717, 1.165) is 79.2 Å². The predicted molar refractivity (Wildman–Crippen MR) is 131 cm³/mol. The molecular weight excluding hydrogens is 428 g/mol. The first-order chi connectivity index (χ1) is 16.5. The minimum atomic E-state index is -0.549. The highest BCUT2D eigenvalue weighted by Gasteiger charge is 2.53. The fraction of sp³-hybridized carbons (Fsp3) is 0.517. The summed E-state index contributed by atoms with van der Waals surface area (Å²) in [6, 6.07) is 10.2. The number of hydrogen-bond donors (Lipinski definition) is 0. The van der Waals surface area contributed by atoms with Gasteiger partial charge in [-0.2, -0.15) is 0 Å². The molecule has 2 aromatic carbocycles. The molecule has 5 rings (SSSR count). The average Bonchev–Trinajstić information content (AvgIpc) is 3.37. The zero-order valence-electron chi connectivity index (χ0n) is 20.4. The number of aryl methyl sites for hydroxylation is 1. The van der Waals surface area contributed by atoms with E-state index in [-0.39, 0.29) is 30.4 Å². The second-order valence-corrected chi connectivity index (χ2v) is 10.2. The first kappa shape index (κ1) is 22.9. The van der Waals surface area contributed by atoms with Crippen molar-refractivity contribution in [2.24, 2.45) is 11.3 Å². The molecule has 34 heavy (non-hydrogen) atoms. The molecule has 0 spiro atoms.